The number of rotatable bonds is 5. The molecule has 0 aromatic heterocycles. The number of ether oxygens (including phenoxy) is 1. The van der Waals surface area contributed by atoms with E-state index in [1.54, 1.807) is 5.56 Å². The van der Waals surface area contributed by atoms with Crippen molar-refractivity contribution in [3.8, 4) is 5.75 Å². The molecule has 0 saturated carbocycles. The molecule has 1 heterocycles. The molecule has 0 bridgehead atoms. The normalized spacial score (nSPS) is 25.1. The molecular formula is C23H29NO. The number of benzene rings is 2. The van der Waals surface area contributed by atoms with Crippen molar-refractivity contribution >= 4 is 0 Å². The molecule has 4 rings (SSSR count). The molecule has 25 heavy (non-hydrogen) atoms. The standard InChI is InChI=1S/C23H29NO/c1-2-3-14-25-19-10-8-17(9-11-19)22-15-18-12-13-24-16-23(18)21-7-5-4-6-20(21)22/h4-11,18,22-24H,2-3,12-16H2,1H3. The summed E-state index contributed by atoms with van der Waals surface area (Å²) in [5.74, 6) is 3.03. The highest BCUT2D eigenvalue weighted by Crippen LogP contribution is 2.47. The molecule has 3 atom stereocenters. The van der Waals surface area contributed by atoms with Gasteiger partial charge in [0.15, 0.2) is 0 Å². The predicted molar refractivity (Wildman–Crippen MR) is 103 cm³/mol. The summed E-state index contributed by atoms with van der Waals surface area (Å²) < 4.78 is 5.84. The van der Waals surface area contributed by atoms with E-state index in [1.165, 1.54) is 36.9 Å². The molecule has 1 aliphatic heterocycles. The molecule has 0 spiro atoms. The van der Waals surface area contributed by atoms with Gasteiger partial charge in [-0.1, -0.05) is 49.7 Å². The average Bonchev–Trinajstić information content (AvgIpc) is 2.68. The molecule has 0 amide bonds. The highest BCUT2D eigenvalue weighted by Gasteiger charge is 2.36. The van der Waals surface area contributed by atoms with Crippen LogP contribution in [-0.2, 0) is 0 Å². The van der Waals surface area contributed by atoms with Gasteiger partial charge >= 0.3 is 0 Å². The molecule has 1 N–H and O–H groups in total. The van der Waals surface area contributed by atoms with Gasteiger partial charge in [0, 0.05) is 12.5 Å². The second-order valence-electron chi connectivity index (χ2n) is 7.55. The van der Waals surface area contributed by atoms with Gasteiger partial charge in [-0.05, 0) is 66.5 Å². The zero-order valence-corrected chi connectivity index (χ0v) is 15.2. The lowest BCUT2D eigenvalue weighted by Crippen LogP contribution is -2.38. The number of fused-ring (bicyclic) bond motifs is 3. The summed E-state index contributed by atoms with van der Waals surface area (Å²) in [5.41, 5.74) is 4.54. The van der Waals surface area contributed by atoms with Gasteiger partial charge in [0.2, 0.25) is 0 Å². The first kappa shape index (κ1) is 16.7. The molecule has 2 nitrogen and oxygen atoms in total. The molecule has 132 valence electrons. The number of unbranched alkanes of at least 4 members (excludes halogenated alkanes) is 1. The van der Waals surface area contributed by atoms with E-state index in [0.29, 0.717) is 11.8 Å². The van der Waals surface area contributed by atoms with Crippen molar-refractivity contribution < 1.29 is 4.74 Å². The van der Waals surface area contributed by atoms with Crippen LogP contribution < -0.4 is 10.1 Å². The van der Waals surface area contributed by atoms with Crippen LogP contribution in [0.5, 0.6) is 5.75 Å². The van der Waals surface area contributed by atoms with Crippen molar-refractivity contribution in [1.29, 1.82) is 0 Å². The third-order valence-corrected chi connectivity index (χ3v) is 5.98. The van der Waals surface area contributed by atoms with E-state index in [-0.39, 0.29) is 0 Å². The van der Waals surface area contributed by atoms with Crippen LogP contribution >= 0.6 is 0 Å². The quantitative estimate of drug-likeness (QED) is 0.768. The van der Waals surface area contributed by atoms with E-state index in [1.807, 2.05) is 0 Å². The van der Waals surface area contributed by atoms with Crippen LogP contribution in [-0.4, -0.2) is 19.7 Å². The van der Waals surface area contributed by atoms with Crippen molar-refractivity contribution in [2.24, 2.45) is 5.92 Å². The maximum atomic E-state index is 5.84. The van der Waals surface area contributed by atoms with Crippen LogP contribution in [0, 0.1) is 5.92 Å². The van der Waals surface area contributed by atoms with E-state index in [9.17, 15) is 0 Å². The minimum Gasteiger partial charge on any atom is -0.494 e. The summed E-state index contributed by atoms with van der Waals surface area (Å²) >= 11 is 0. The van der Waals surface area contributed by atoms with Gasteiger partial charge in [-0.15, -0.1) is 0 Å². The lowest BCUT2D eigenvalue weighted by atomic mass is 9.66. The number of piperidine rings is 1. The molecule has 1 saturated heterocycles. The lowest BCUT2D eigenvalue weighted by molar-refractivity contribution is 0.278. The average molecular weight is 335 g/mol. The Bertz CT molecular complexity index is 693. The third-order valence-electron chi connectivity index (χ3n) is 5.98. The zero-order chi connectivity index (χ0) is 17.1. The van der Waals surface area contributed by atoms with Crippen LogP contribution in [0.2, 0.25) is 0 Å². The lowest BCUT2D eigenvalue weighted by Gasteiger charge is -2.41. The molecule has 3 unspecified atom stereocenters. The Morgan fingerprint density at radius 3 is 2.64 bits per heavy atom. The fourth-order valence-electron chi connectivity index (χ4n) is 4.60. The summed E-state index contributed by atoms with van der Waals surface area (Å²) in [6.07, 6.45) is 4.87. The Hall–Kier alpha value is -1.80. The minimum atomic E-state index is 0.528. The highest BCUT2D eigenvalue weighted by molar-refractivity contribution is 5.44. The Labute approximate surface area is 151 Å². The Kier molecular flexibility index (Phi) is 5.07. The third kappa shape index (κ3) is 3.46. The largest absolute Gasteiger partial charge is 0.494 e. The minimum absolute atomic E-state index is 0.528. The van der Waals surface area contributed by atoms with Crippen molar-refractivity contribution in [3.63, 3.8) is 0 Å². The van der Waals surface area contributed by atoms with Crippen molar-refractivity contribution in [1.82, 2.24) is 5.32 Å². The van der Waals surface area contributed by atoms with Gasteiger partial charge in [0.05, 0.1) is 6.61 Å². The van der Waals surface area contributed by atoms with E-state index in [4.69, 9.17) is 4.74 Å². The fraction of sp³-hybridized carbons (Fsp3) is 0.478. The molecule has 2 aliphatic rings. The fourth-order valence-corrected chi connectivity index (χ4v) is 4.60. The Balaban J connectivity index is 1.59. The first-order chi connectivity index (χ1) is 12.4. The van der Waals surface area contributed by atoms with Crippen molar-refractivity contribution in [3.05, 3.63) is 65.2 Å². The predicted octanol–water partition coefficient (Wildman–Crippen LogP) is 5.09. The van der Waals surface area contributed by atoms with Gasteiger partial charge in [-0.2, -0.15) is 0 Å². The highest BCUT2D eigenvalue weighted by atomic mass is 16.5. The monoisotopic (exact) mass is 335 g/mol. The molecule has 1 aliphatic carbocycles. The number of hydrogen-bond donors (Lipinski definition) is 1. The van der Waals surface area contributed by atoms with Crippen LogP contribution in [0.25, 0.3) is 0 Å². The molecule has 2 aromatic carbocycles. The van der Waals surface area contributed by atoms with Crippen molar-refractivity contribution in [2.45, 2.75) is 44.4 Å². The molecular weight excluding hydrogens is 306 g/mol. The van der Waals surface area contributed by atoms with Gasteiger partial charge in [-0.25, -0.2) is 0 Å². The smallest absolute Gasteiger partial charge is 0.119 e. The second-order valence-corrected chi connectivity index (χ2v) is 7.55. The first-order valence-corrected chi connectivity index (χ1v) is 9.89. The van der Waals surface area contributed by atoms with E-state index < -0.39 is 0 Å². The van der Waals surface area contributed by atoms with Crippen LogP contribution in [0.3, 0.4) is 0 Å². The number of nitrogens with one attached hydrogen (secondary N) is 1. The van der Waals surface area contributed by atoms with E-state index >= 15 is 0 Å². The van der Waals surface area contributed by atoms with Crippen LogP contribution in [0.1, 0.15) is 61.1 Å². The summed E-state index contributed by atoms with van der Waals surface area (Å²) in [7, 11) is 0. The topological polar surface area (TPSA) is 21.3 Å². The molecule has 2 heteroatoms. The summed E-state index contributed by atoms with van der Waals surface area (Å²) in [5, 5.41) is 3.59. The van der Waals surface area contributed by atoms with Crippen LogP contribution in [0.4, 0.5) is 0 Å². The van der Waals surface area contributed by atoms with Gasteiger partial charge in [-0.3, -0.25) is 0 Å². The van der Waals surface area contributed by atoms with Gasteiger partial charge in [0.25, 0.3) is 0 Å². The molecule has 1 fully saturated rings. The number of hydrogen-bond acceptors (Lipinski definition) is 2. The van der Waals surface area contributed by atoms with Crippen molar-refractivity contribution in [2.75, 3.05) is 19.7 Å². The SMILES string of the molecule is CCCCOc1ccc(C2CC3CCNCC3c3ccccc32)cc1. The van der Waals surface area contributed by atoms with Gasteiger partial charge in [0.1, 0.15) is 5.75 Å². The van der Waals surface area contributed by atoms with Gasteiger partial charge < -0.3 is 10.1 Å². The molecule has 2 aromatic rings. The van der Waals surface area contributed by atoms with Crippen LogP contribution in [0.15, 0.2) is 48.5 Å². The second kappa shape index (κ2) is 7.61. The Morgan fingerprint density at radius 1 is 1.04 bits per heavy atom. The maximum Gasteiger partial charge on any atom is 0.119 e. The summed E-state index contributed by atoms with van der Waals surface area (Å²) in [6, 6.07) is 18.0. The summed E-state index contributed by atoms with van der Waals surface area (Å²) in [6.45, 7) is 5.32. The zero-order valence-electron chi connectivity index (χ0n) is 15.2. The summed E-state index contributed by atoms with van der Waals surface area (Å²) in [4.78, 5) is 0. The maximum absolute atomic E-state index is 5.84. The van der Waals surface area contributed by atoms with E-state index in [0.717, 1.165) is 31.2 Å². The van der Waals surface area contributed by atoms with E-state index in [2.05, 4.69) is 60.8 Å². The molecule has 0 radical (unpaired) electrons. The Morgan fingerprint density at radius 2 is 1.84 bits per heavy atom. The first-order valence-electron chi connectivity index (χ1n) is 9.89.